The van der Waals surface area contributed by atoms with Gasteiger partial charge in [0.05, 0.1) is 11.8 Å². The van der Waals surface area contributed by atoms with E-state index in [1.54, 1.807) is 0 Å². The molecule has 1 saturated carbocycles. The van der Waals surface area contributed by atoms with E-state index >= 15 is 0 Å². The summed E-state index contributed by atoms with van der Waals surface area (Å²) >= 11 is 1.31. The number of ether oxygens (including phenoxy) is 1. The molecule has 1 fully saturated rings. The largest absolute Gasteiger partial charge is 0.365 e. The Hall–Kier alpha value is -0.940. The van der Waals surface area contributed by atoms with Gasteiger partial charge in [-0.3, -0.25) is 4.79 Å². The predicted molar refractivity (Wildman–Crippen MR) is 72.9 cm³/mol. The number of hydrogen-bond acceptors (Lipinski definition) is 4. The van der Waals surface area contributed by atoms with Crippen molar-refractivity contribution >= 4 is 22.4 Å². The summed E-state index contributed by atoms with van der Waals surface area (Å²) in [5, 5.41) is 3.68. The minimum Gasteiger partial charge on any atom is -0.365 e. The molecule has 0 unspecified atom stereocenters. The van der Waals surface area contributed by atoms with E-state index in [-0.39, 0.29) is 18.1 Å². The van der Waals surface area contributed by atoms with Gasteiger partial charge in [-0.15, -0.1) is 0 Å². The zero-order valence-corrected chi connectivity index (χ0v) is 11.8. The monoisotopic (exact) mass is 268 g/mol. The Morgan fingerprint density at radius 2 is 2.33 bits per heavy atom. The molecule has 1 N–H and O–H groups in total. The molecule has 18 heavy (non-hydrogen) atoms. The normalized spacial score (nSPS) is 17.9. The van der Waals surface area contributed by atoms with Crippen LogP contribution in [0.5, 0.6) is 0 Å². The Labute approximate surface area is 112 Å². The van der Waals surface area contributed by atoms with Crippen LogP contribution in [0.2, 0.25) is 0 Å². The average Bonchev–Trinajstić information content (AvgIpc) is 2.97. The van der Waals surface area contributed by atoms with Gasteiger partial charge in [0.15, 0.2) is 0 Å². The number of anilines is 1. The van der Waals surface area contributed by atoms with Crippen LogP contribution in [0.4, 0.5) is 5.00 Å². The third kappa shape index (κ3) is 3.53. The van der Waals surface area contributed by atoms with Gasteiger partial charge in [0, 0.05) is 0 Å². The molecular weight excluding hydrogens is 248 g/mol. The van der Waals surface area contributed by atoms with Gasteiger partial charge in [-0.2, -0.15) is 4.37 Å². The van der Waals surface area contributed by atoms with Crippen molar-refractivity contribution in [1.82, 2.24) is 4.37 Å². The number of aromatic nitrogens is 1. The molecule has 1 aliphatic rings. The van der Waals surface area contributed by atoms with Gasteiger partial charge in [-0.1, -0.05) is 19.8 Å². The molecule has 2 rings (SSSR count). The number of hydrogen-bond donors (Lipinski definition) is 1. The summed E-state index contributed by atoms with van der Waals surface area (Å²) in [6.45, 7) is 3.90. The fourth-order valence-corrected chi connectivity index (χ4v) is 2.89. The van der Waals surface area contributed by atoms with Crippen LogP contribution < -0.4 is 5.32 Å². The van der Waals surface area contributed by atoms with E-state index < -0.39 is 0 Å². The summed E-state index contributed by atoms with van der Waals surface area (Å²) in [6, 6.07) is 1.88. The summed E-state index contributed by atoms with van der Waals surface area (Å²) in [6.07, 6.45) is 5.25. The second-order valence-corrected chi connectivity index (χ2v) is 5.57. The number of amides is 1. The molecular formula is C13H20N2O2S. The van der Waals surface area contributed by atoms with E-state index in [2.05, 4.69) is 9.69 Å². The van der Waals surface area contributed by atoms with Gasteiger partial charge in [0.1, 0.15) is 11.1 Å². The highest BCUT2D eigenvalue weighted by Crippen LogP contribution is 2.24. The van der Waals surface area contributed by atoms with Crippen LogP contribution in [-0.4, -0.2) is 22.5 Å². The zero-order chi connectivity index (χ0) is 13.0. The van der Waals surface area contributed by atoms with Crippen LogP contribution >= 0.6 is 11.5 Å². The van der Waals surface area contributed by atoms with E-state index in [0.29, 0.717) is 6.42 Å². The number of carbonyl (C=O) groups excluding carboxylic acids is 1. The molecule has 1 amide bonds. The standard InChI is InChI=1S/C13H20N2O2S/c1-3-11(17-10-6-4-5-7-10)13(16)14-12-8-9(2)15-18-12/h8,10-11H,3-7H2,1-2H3,(H,14,16)/t11-/m1/s1. The second kappa shape index (κ2) is 6.29. The van der Waals surface area contributed by atoms with E-state index in [0.717, 1.165) is 23.5 Å². The molecule has 0 spiro atoms. The summed E-state index contributed by atoms with van der Waals surface area (Å²) in [4.78, 5) is 12.1. The van der Waals surface area contributed by atoms with E-state index in [1.165, 1.54) is 24.4 Å². The first kappa shape index (κ1) is 13.5. The van der Waals surface area contributed by atoms with Crippen LogP contribution in [0.1, 0.15) is 44.7 Å². The first-order chi connectivity index (χ1) is 8.69. The van der Waals surface area contributed by atoms with Gasteiger partial charge in [0.25, 0.3) is 5.91 Å². The van der Waals surface area contributed by atoms with E-state index in [4.69, 9.17) is 4.74 Å². The Morgan fingerprint density at radius 3 is 2.89 bits per heavy atom. The lowest BCUT2D eigenvalue weighted by atomic mass is 10.2. The van der Waals surface area contributed by atoms with Crippen LogP contribution in [0, 0.1) is 6.92 Å². The maximum absolute atomic E-state index is 12.1. The molecule has 0 saturated heterocycles. The Morgan fingerprint density at radius 1 is 1.61 bits per heavy atom. The Bertz CT molecular complexity index is 399. The molecule has 100 valence electrons. The molecule has 1 atom stereocenters. The molecule has 5 heteroatoms. The average molecular weight is 268 g/mol. The van der Waals surface area contributed by atoms with Crippen LogP contribution in [0.25, 0.3) is 0 Å². The third-order valence-corrected chi connectivity index (χ3v) is 3.99. The maximum atomic E-state index is 12.1. The molecule has 1 aliphatic carbocycles. The molecule has 0 aromatic carbocycles. The molecule has 0 aliphatic heterocycles. The number of aryl methyl sites for hydroxylation is 1. The van der Waals surface area contributed by atoms with Crippen LogP contribution in [0.3, 0.4) is 0 Å². The first-order valence-electron chi connectivity index (χ1n) is 6.58. The lowest BCUT2D eigenvalue weighted by molar-refractivity contribution is -0.131. The van der Waals surface area contributed by atoms with Gasteiger partial charge in [-0.25, -0.2) is 0 Å². The summed E-state index contributed by atoms with van der Waals surface area (Å²) in [5.74, 6) is -0.0481. The summed E-state index contributed by atoms with van der Waals surface area (Å²) in [7, 11) is 0. The molecule has 1 aromatic heterocycles. The molecule has 1 heterocycles. The zero-order valence-electron chi connectivity index (χ0n) is 10.9. The van der Waals surface area contributed by atoms with Gasteiger partial charge in [0.2, 0.25) is 0 Å². The van der Waals surface area contributed by atoms with Crippen molar-refractivity contribution in [2.45, 2.75) is 58.2 Å². The van der Waals surface area contributed by atoms with Crippen LogP contribution in [0.15, 0.2) is 6.07 Å². The minimum atomic E-state index is -0.337. The quantitative estimate of drug-likeness (QED) is 0.892. The molecule has 0 bridgehead atoms. The number of nitrogens with zero attached hydrogens (tertiary/aromatic N) is 1. The van der Waals surface area contributed by atoms with Crippen molar-refractivity contribution in [2.75, 3.05) is 5.32 Å². The van der Waals surface area contributed by atoms with Crippen molar-refractivity contribution in [1.29, 1.82) is 0 Å². The van der Waals surface area contributed by atoms with Crippen molar-refractivity contribution in [3.05, 3.63) is 11.8 Å². The first-order valence-corrected chi connectivity index (χ1v) is 7.36. The van der Waals surface area contributed by atoms with Crippen molar-refractivity contribution in [3.63, 3.8) is 0 Å². The highest BCUT2D eigenvalue weighted by Gasteiger charge is 2.24. The molecule has 0 radical (unpaired) electrons. The lowest BCUT2D eigenvalue weighted by Gasteiger charge is -2.19. The van der Waals surface area contributed by atoms with Gasteiger partial charge < -0.3 is 10.1 Å². The SMILES string of the molecule is CC[C@@H](OC1CCCC1)C(=O)Nc1cc(C)ns1. The van der Waals surface area contributed by atoms with E-state index in [1.807, 2.05) is 19.9 Å². The van der Waals surface area contributed by atoms with Crippen molar-refractivity contribution < 1.29 is 9.53 Å². The lowest BCUT2D eigenvalue weighted by Crippen LogP contribution is -2.32. The van der Waals surface area contributed by atoms with Crippen molar-refractivity contribution in [2.24, 2.45) is 0 Å². The Balaban J connectivity index is 1.88. The fourth-order valence-electron chi connectivity index (χ4n) is 2.22. The summed E-state index contributed by atoms with van der Waals surface area (Å²) < 4.78 is 10.0. The molecule has 4 nitrogen and oxygen atoms in total. The maximum Gasteiger partial charge on any atom is 0.254 e. The molecule has 1 aromatic rings. The number of nitrogens with one attached hydrogen (secondary N) is 1. The van der Waals surface area contributed by atoms with E-state index in [9.17, 15) is 4.79 Å². The number of carbonyl (C=O) groups is 1. The minimum absolute atomic E-state index is 0.0481. The highest BCUT2D eigenvalue weighted by molar-refractivity contribution is 7.10. The van der Waals surface area contributed by atoms with Gasteiger partial charge >= 0.3 is 0 Å². The predicted octanol–water partition coefficient (Wildman–Crippen LogP) is 3.13. The smallest absolute Gasteiger partial charge is 0.254 e. The summed E-state index contributed by atoms with van der Waals surface area (Å²) in [5.41, 5.74) is 0.931. The second-order valence-electron chi connectivity index (χ2n) is 4.76. The fraction of sp³-hybridized carbons (Fsp3) is 0.692. The Kier molecular flexibility index (Phi) is 4.72. The van der Waals surface area contributed by atoms with Crippen molar-refractivity contribution in [3.8, 4) is 0 Å². The number of rotatable bonds is 5. The third-order valence-electron chi connectivity index (χ3n) is 3.20. The van der Waals surface area contributed by atoms with Crippen LogP contribution in [-0.2, 0) is 9.53 Å². The topological polar surface area (TPSA) is 51.2 Å². The highest BCUT2D eigenvalue weighted by atomic mass is 32.1. The van der Waals surface area contributed by atoms with Gasteiger partial charge in [-0.05, 0) is 43.8 Å².